The average Bonchev–Trinajstić information content (AvgIpc) is 1.64. The molecule has 0 radical (unpaired) electrons. The van der Waals surface area contributed by atoms with Gasteiger partial charge in [0.15, 0.2) is 5.78 Å². The summed E-state index contributed by atoms with van der Waals surface area (Å²) in [6.45, 7) is 17.8. The first-order valence-electron chi connectivity index (χ1n) is 38.1. The number of aliphatic hydroxyl groups excluding tert-OH is 2. The predicted octanol–water partition coefficient (Wildman–Crippen LogP) is 11.3. The lowest BCUT2D eigenvalue weighted by molar-refractivity contribution is -0.245. The van der Waals surface area contributed by atoms with Crippen LogP contribution in [-0.4, -0.2) is 138 Å². The molecule has 97 heavy (non-hydrogen) atoms. The maximum absolute atomic E-state index is 14.4. The number of nitrogens with one attached hydrogen (secondary N) is 4. The number of aliphatic hydroxyl groups is 3. The molecule has 13 rings (SSSR count). The molecule has 2 aromatic rings. The fourth-order valence-electron chi connectivity index (χ4n) is 23.4. The second kappa shape index (κ2) is 28.5. The van der Waals surface area contributed by atoms with Gasteiger partial charge in [0.2, 0.25) is 17.7 Å². The number of fused-ring (bicyclic) bond motifs is 11. The van der Waals surface area contributed by atoms with Crippen LogP contribution >= 0.6 is 0 Å². The Morgan fingerprint density at radius 2 is 1.51 bits per heavy atom. The molecule has 0 aromatic heterocycles. The molecule has 1 saturated heterocycles. The Bertz CT molecular complexity index is 3370. The number of ketones is 1. The summed E-state index contributed by atoms with van der Waals surface area (Å²) >= 11 is 0. The number of likely N-dealkylation sites (tertiary alicyclic amines) is 1. The Kier molecular flexibility index (Phi) is 20.5. The zero-order valence-corrected chi connectivity index (χ0v) is 59.0. The van der Waals surface area contributed by atoms with E-state index in [4.69, 9.17) is 9.47 Å². The minimum atomic E-state index is -1.02. The highest BCUT2D eigenvalue weighted by atomic mass is 16.5. The van der Waals surface area contributed by atoms with Gasteiger partial charge >= 0.3 is 5.97 Å². The van der Waals surface area contributed by atoms with E-state index in [0.29, 0.717) is 129 Å². The molecule has 20 atom stereocenters. The van der Waals surface area contributed by atoms with Crippen molar-refractivity contribution in [3.05, 3.63) is 106 Å². The van der Waals surface area contributed by atoms with Crippen LogP contribution in [0.2, 0.25) is 0 Å². The van der Waals surface area contributed by atoms with Gasteiger partial charge in [-0.15, -0.1) is 0 Å². The molecular formula is C81H113N5O11. The van der Waals surface area contributed by atoms with Gasteiger partial charge < -0.3 is 46.1 Å². The molecule has 0 bridgehead atoms. The van der Waals surface area contributed by atoms with E-state index in [-0.39, 0.29) is 94.8 Å². The molecule has 2 aliphatic heterocycles. The third-order valence-electron chi connectivity index (χ3n) is 28.7. The second-order valence-corrected chi connectivity index (χ2v) is 33.5. The third-order valence-corrected chi connectivity index (χ3v) is 28.7. The van der Waals surface area contributed by atoms with Crippen molar-refractivity contribution in [3.63, 3.8) is 0 Å². The number of unbranched alkanes of at least 4 members (excludes halogenated alkanes) is 3. The van der Waals surface area contributed by atoms with Gasteiger partial charge in [-0.1, -0.05) is 106 Å². The molecule has 8 fully saturated rings. The Labute approximate surface area is 576 Å². The number of piperidine rings is 1. The molecule has 16 heteroatoms. The SMILES string of the molecule is CC1=C2C[C@H]3[C@@H](CC=C4C[C@@H](O)CC[C@@]43C)[C@@H]2CCC12C[C@@H]1C[C@H](C)CN(CCNC(=O)C(CCCCNC(=O)CCCCCNC(=O)CO[C@H]3CC[C@@]4(C)[C@H](CC[C@@H]5[C@@H]4CC(O)[C@]4(C)[C@@H](C6=CC(=O)OC6)CC[C@]54O)C3)NC(=O)c3ccc(C(=O)c4ccccc4)cc3)[C@H]1[C@H]2C. The summed E-state index contributed by atoms with van der Waals surface area (Å²) in [5.74, 6) is 2.99. The maximum Gasteiger partial charge on any atom is 0.331 e. The molecule has 3 unspecified atom stereocenters. The third kappa shape index (κ3) is 13.2. The number of hydrogen-bond acceptors (Lipinski definition) is 12. The summed E-state index contributed by atoms with van der Waals surface area (Å²) in [5.41, 5.74) is 5.90. The Balaban J connectivity index is 0.545. The molecule has 7 saturated carbocycles. The molecule has 528 valence electrons. The van der Waals surface area contributed by atoms with Crippen molar-refractivity contribution in [1.82, 2.24) is 26.2 Å². The van der Waals surface area contributed by atoms with Gasteiger partial charge in [-0.3, -0.25) is 28.9 Å². The molecule has 9 aliphatic carbocycles. The number of amides is 4. The minimum absolute atomic E-state index is 0.0000940. The van der Waals surface area contributed by atoms with Crippen molar-refractivity contribution in [2.45, 2.75) is 232 Å². The van der Waals surface area contributed by atoms with Crippen molar-refractivity contribution in [1.29, 1.82) is 0 Å². The van der Waals surface area contributed by atoms with Gasteiger partial charge in [-0.25, -0.2) is 4.79 Å². The first-order chi connectivity index (χ1) is 46.5. The van der Waals surface area contributed by atoms with Crippen molar-refractivity contribution < 1.29 is 53.6 Å². The number of nitrogens with zero attached hydrogens (tertiary/aromatic N) is 1. The number of benzene rings is 2. The highest BCUT2D eigenvalue weighted by Crippen LogP contribution is 2.71. The van der Waals surface area contributed by atoms with Gasteiger partial charge in [-0.05, 0) is 241 Å². The second-order valence-electron chi connectivity index (χ2n) is 33.5. The minimum Gasteiger partial charge on any atom is -0.458 e. The molecule has 7 N–H and O–H groups in total. The van der Waals surface area contributed by atoms with Crippen molar-refractivity contribution in [2.24, 2.45) is 80.8 Å². The van der Waals surface area contributed by atoms with Gasteiger partial charge in [0.05, 0.1) is 23.9 Å². The van der Waals surface area contributed by atoms with E-state index >= 15 is 0 Å². The molecular weight excluding hydrogens is 1220 g/mol. The fourth-order valence-corrected chi connectivity index (χ4v) is 23.4. The zero-order chi connectivity index (χ0) is 68.2. The van der Waals surface area contributed by atoms with Crippen LogP contribution in [0.15, 0.2) is 89.0 Å². The van der Waals surface area contributed by atoms with Crippen LogP contribution in [0.4, 0.5) is 0 Å². The number of carbonyl (C=O) groups excluding carboxylic acids is 6. The largest absolute Gasteiger partial charge is 0.458 e. The summed E-state index contributed by atoms with van der Waals surface area (Å²) in [5, 5.41) is 47.6. The van der Waals surface area contributed by atoms with Gasteiger partial charge in [0.25, 0.3) is 5.91 Å². The smallest absolute Gasteiger partial charge is 0.331 e. The Morgan fingerprint density at radius 1 is 0.753 bits per heavy atom. The number of carbonyl (C=O) groups is 6. The van der Waals surface area contributed by atoms with E-state index in [1.807, 2.05) is 25.1 Å². The van der Waals surface area contributed by atoms with Crippen LogP contribution < -0.4 is 21.3 Å². The molecule has 2 aromatic carbocycles. The number of cyclic esters (lactones) is 1. The van der Waals surface area contributed by atoms with Crippen LogP contribution in [-0.2, 0) is 28.7 Å². The monoisotopic (exact) mass is 1330 g/mol. The van der Waals surface area contributed by atoms with E-state index in [0.717, 1.165) is 95.7 Å². The highest BCUT2D eigenvalue weighted by Gasteiger charge is 2.71. The van der Waals surface area contributed by atoms with Crippen LogP contribution in [0, 0.1) is 80.8 Å². The van der Waals surface area contributed by atoms with E-state index in [2.05, 4.69) is 66.9 Å². The van der Waals surface area contributed by atoms with Gasteiger partial charge in [0.1, 0.15) is 19.3 Å². The van der Waals surface area contributed by atoms with Crippen molar-refractivity contribution in [2.75, 3.05) is 45.9 Å². The average molecular weight is 1330 g/mol. The van der Waals surface area contributed by atoms with Crippen LogP contribution in [0.1, 0.15) is 222 Å². The topological polar surface area (TPSA) is 233 Å². The Hall–Kier alpha value is -5.52. The molecule has 2 heterocycles. The number of esters is 1. The van der Waals surface area contributed by atoms with Crippen LogP contribution in [0.3, 0.4) is 0 Å². The first-order valence-corrected chi connectivity index (χ1v) is 38.1. The van der Waals surface area contributed by atoms with Crippen molar-refractivity contribution >= 4 is 35.4 Å². The van der Waals surface area contributed by atoms with E-state index < -0.39 is 23.2 Å². The molecule has 1 spiro atoms. The summed E-state index contributed by atoms with van der Waals surface area (Å²) in [6, 6.07) is 15.3. The van der Waals surface area contributed by atoms with Gasteiger partial charge in [0, 0.05) is 73.4 Å². The van der Waals surface area contributed by atoms with Gasteiger partial charge in [-0.2, -0.15) is 0 Å². The fraction of sp³-hybridized carbons (Fsp3) is 0.704. The van der Waals surface area contributed by atoms with E-state index in [1.165, 1.54) is 37.7 Å². The summed E-state index contributed by atoms with van der Waals surface area (Å²) in [7, 11) is 0. The summed E-state index contributed by atoms with van der Waals surface area (Å²) in [6.07, 6.45) is 24.1. The maximum atomic E-state index is 14.4. The van der Waals surface area contributed by atoms with Crippen LogP contribution in [0.5, 0.6) is 0 Å². The lowest BCUT2D eigenvalue weighted by Crippen LogP contribution is -2.67. The lowest BCUT2D eigenvalue weighted by Gasteiger charge is -2.65. The number of rotatable bonds is 23. The molecule has 4 amide bonds. The highest BCUT2D eigenvalue weighted by molar-refractivity contribution is 6.09. The first kappa shape index (κ1) is 69.9. The number of allylic oxidation sites excluding steroid dienone is 3. The Morgan fingerprint density at radius 3 is 2.28 bits per heavy atom. The quantitative estimate of drug-likeness (QED) is 0.0238. The van der Waals surface area contributed by atoms with E-state index in [9.17, 15) is 44.1 Å². The summed E-state index contributed by atoms with van der Waals surface area (Å²) < 4.78 is 11.5. The number of ether oxygens (including phenoxy) is 2. The van der Waals surface area contributed by atoms with Crippen molar-refractivity contribution in [3.8, 4) is 0 Å². The van der Waals surface area contributed by atoms with Crippen LogP contribution in [0.25, 0.3) is 0 Å². The zero-order valence-electron chi connectivity index (χ0n) is 59.0. The number of hydrogen-bond donors (Lipinski definition) is 7. The standard InChI is InChI=1S/C81H113N5O11/c1-49-39-55-45-80(33-29-61-62-25-23-57-41-59(87)27-31-77(57,4)66(62)43-63(61)50(80)2)51(3)73(55)86(46-49)38-37-84-76(94)68(85-75(93)54-21-19-53(20-22-54)74(92)52-15-9-7-10-16-52)17-12-14-36-82-70(89)18-11-8-13-35-83-71(90)48-96-60-28-32-78(5)58(42-60)24-26-65-67(78)44-69(88)79(6)64(30-34-81(65,79)95)56-40-72(91)97-47-56/h7,9-10,15-16,19-23,40,49,51,55,58-62,64-69,73,87-88,95H,8,11-14,17-18,24-39,41-48H2,1-6H3,(H,82,89)(H,83,90)(H,84,94)(H,85,93)/t49-,51+,55-,58+,59-,60-,61-,62-,64+,65+,66-,67-,68?,69?,73-,77-,78-,79-,80?,81-/m0/s1. The molecule has 11 aliphatic rings. The summed E-state index contributed by atoms with van der Waals surface area (Å²) in [4.78, 5) is 82.3. The van der Waals surface area contributed by atoms with E-state index in [1.54, 1.807) is 53.6 Å². The predicted molar refractivity (Wildman–Crippen MR) is 372 cm³/mol. The normalized spacial score (nSPS) is 38.2. The molecule has 16 nitrogen and oxygen atoms in total. The lowest BCUT2D eigenvalue weighted by atomic mass is 9.42.